The summed E-state index contributed by atoms with van der Waals surface area (Å²) in [6, 6.07) is -0.262. The third kappa shape index (κ3) is 7.30. The lowest BCUT2D eigenvalue weighted by Gasteiger charge is -2.45. The van der Waals surface area contributed by atoms with Crippen molar-refractivity contribution in [1.29, 1.82) is 0 Å². The third-order valence-corrected chi connectivity index (χ3v) is 8.74. The first-order valence-electron chi connectivity index (χ1n) is 15.2. The molecule has 20 heteroatoms. The van der Waals surface area contributed by atoms with Crippen molar-refractivity contribution >= 4 is 29.8 Å². The van der Waals surface area contributed by atoms with E-state index in [1.165, 1.54) is 29.0 Å². The van der Waals surface area contributed by atoms with Gasteiger partial charge in [0.2, 0.25) is 18.0 Å². The molecule has 11 N–H and O–H groups in total. The number of ether oxygens (including phenoxy) is 4. The van der Waals surface area contributed by atoms with Crippen LogP contribution in [-0.2, 0) is 35.0 Å². The molecule has 0 aliphatic carbocycles. The second-order valence-corrected chi connectivity index (χ2v) is 12.0. The highest BCUT2D eigenvalue weighted by Gasteiger charge is 2.51. The van der Waals surface area contributed by atoms with Crippen molar-refractivity contribution in [3.05, 3.63) is 41.1 Å². The van der Waals surface area contributed by atoms with Crippen molar-refractivity contribution in [1.82, 2.24) is 5.32 Å². The SMILES string of the molecule is O=C(O)C1=C/C(=C/C=[N+]2c3cc(O)c(O[C@@H]4O[C@H](CO)[C@@H](O)[C@H](O)[C@H]4O[C@@H]4O[C@H](CO)[C@@H](O)[C@H](O)[C@H]4O)cc3C[C@H]2C(=O)[O-])C[C@@H](C(=O)O)N1. The summed E-state index contributed by atoms with van der Waals surface area (Å²) in [7, 11) is 0. The van der Waals surface area contributed by atoms with Crippen LogP contribution in [0.1, 0.15) is 12.0 Å². The second-order valence-electron chi connectivity index (χ2n) is 12.0. The molecule has 0 bridgehead atoms. The van der Waals surface area contributed by atoms with E-state index in [1.807, 2.05) is 0 Å². The number of carbonyl (C=O) groups excluding carboxylic acids is 1. The van der Waals surface area contributed by atoms with E-state index in [2.05, 4.69) is 5.32 Å². The molecule has 4 aliphatic rings. The van der Waals surface area contributed by atoms with Crippen LogP contribution in [0.5, 0.6) is 11.5 Å². The fraction of sp³-hybridized carbons (Fsp3) is 0.533. The highest BCUT2D eigenvalue weighted by molar-refractivity contribution is 5.89. The van der Waals surface area contributed by atoms with Gasteiger partial charge in [0.25, 0.3) is 0 Å². The first-order valence-corrected chi connectivity index (χ1v) is 15.2. The first-order chi connectivity index (χ1) is 23.6. The second kappa shape index (κ2) is 14.9. The number of hydrogen-bond donors (Lipinski definition) is 11. The van der Waals surface area contributed by atoms with E-state index in [0.29, 0.717) is 0 Å². The molecule has 274 valence electrons. The van der Waals surface area contributed by atoms with E-state index >= 15 is 0 Å². The summed E-state index contributed by atoms with van der Waals surface area (Å²) < 4.78 is 23.5. The fourth-order valence-corrected chi connectivity index (χ4v) is 6.03. The molecular weight excluding hydrogens is 676 g/mol. The summed E-state index contributed by atoms with van der Waals surface area (Å²) in [6.45, 7) is -1.62. The predicted octanol–water partition coefficient (Wildman–Crippen LogP) is -5.87. The number of allylic oxidation sites excluding steroid dienone is 2. The van der Waals surface area contributed by atoms with Crippen LogP contribution in [0.15, 0.2) is 35.6 Å². The van der Waals surface area contributed by atoms with E-state index in [4.69, 9.17) is 18.9 Å². The number of aliphatic carboxylic acids is 3. The van der Waals surface area contributed by atoms with Crippen LogP contribution >= 0.6 is 0 Å². The number of nitrogens with one attached hydrogen (secondary N) is 1. The Kier molecular flexibility index (Phi) is 11.1. The van der Waals surface area contributed by atoms with Gasteiger partial charge in [0.05, 0.1) is 19.3 Å². The van der Waals surface area contributed by atoms with Gasteiger partial charge >= 0.3 is 11.9 Å². The van der Waals surface area contributed by atoms with Gasteiger partial charge in [-0.1, -0.05) is 0 Å². The predicted molar refractivity (Wildman–Crippen MR) is 157 cm³/mol. The van der Waals surface area contributed by atoms with Crippen molar-refractivity contribution in [3.8, 4) is 11.5 Å². The molecule has 0 radical (unpaired) electrons. The number of carboxylic acids is 3. The van der Waals surface area contributed by atoms with Crippen LogP contribution in [0.2, 0.25) is 0 Å². The zero-order valence-electron chi connectivity index (χ0n) is 25.8. The molecule has 0 amide bonds. The lowest BCUT2D eigenvalue weighted by atomic mass is 9.97. The van der Waals surface area contributed by atoms with E-state index in [0.717, 1.165) is 6.07 Å². The Morgan fingerprint density at radius 2 is 1.56 bits per heavy atom. The maximum atomic E-state index is 12.1. The quantitative estimate of drug-likeness (QED) is 0.101. The van der Waals surface area contributed by atoms with Gasteiger partial charge in [-0.15, -0.1) is 0 Å². The topological polar surface area (TPSA) is 329 Å². The smallest absolute Gasteiger partial charge is 0.351 e. The van der Waals surface area contributed by atoms with Crippen molar-refractivity contribution in [2.24, 2.45) is 0 Å². The van der Waals surface area contributed by atoms with Gasteiger partial charge in [-0.3, -0.25) is 0 Å². The number of phenols is 1. The summed E-state index contributed by atoms with van der Waals surface area (Å²) in [5.41, 5.74) is 0.274. The van der Waals surface area contributed by atoms with Crippen LogP contribution in [0.4, 0.5) is 5.69 Å². The Balaban J connectivity index is 1.45. The van der Waals surface area contributed by atoms with E-state index in [9.17, 15) is 70.6 Å². The third-order valence-electron chi connectivity index (χ3n) is 8.74. The van der Waals surface area contributed by atoms with Crippen molar-refractivity contribution in [3.63, 3.8) is 0 Å². The molecule has 4 aliphatic heterocycles. The number of phenolic OH excluding ortho intramolecular Hbond substituents is 1. The number of benzene rings is 1. The number of nitrogens with zero attached hydrogens (tertiary/aromatic N) is 1. The maximum absolute atomic E-state index is 12.1. The van der Waals surface area contributed by atoms with Gasteiger partial charge in [0.15, 0.2) is 30.1 Å². The molecule has 50 heavy (non-hydrogen) atoms. The van der Waals surface area contributed by atoms with Crippen molar-refractivity contribution < 1.29 is 94.1 Å². The van der Waals surface area contributed by atoms with Gasteiger partial charge in [-0.25, -0.2) is 9.59 Å². The number of aliphatic hydroxyl groups is 7. The molecule has 0 unspecified atom stereocenters. The van der Waals surface area contributed by atoms with E-state index < -0.39 is 110 Å². The molecule has 2 fully saturated rings. The minimum Gasteiger partial charge on any atom is -0.543 e. The number of fused-ring (bicyclic) bond motifs is 1. The monoisotopic (exact) mass is 712 g/mol. The maximum Gasteiger partial charge on any atom is 0.351 e. The Hall–Kier alpha value is -4.22. The lowest BCUT2D eigenvalue weighted by molar-refractivity contribution is -0.475. The minimum absolute atomic E-state index is 0.138. The standard InChI is InChI=1S/C30H36N2O18/c33-8-18-20(36)22(38)24(40)29(48-18)50-25-23(39)21(37)19(9-34)49-30(25)47-17-6-11-5-15(28(45)46)32(14(11)7-16(17)35)2-1-10-3-12(26(41)42)31-13(4-10)27(43)44/h1-3,6-7,13,15,18-25,29-30,33-34,36-40H,4-5,8-9H2,(H4,35,41,42,43,44,45,46)/t13-,15-,18+,19+,20+,21+,22-,23-,24+,25+,29-,30+/m0/s1. The molecule has 20 nitrogen and oxygen atoms in total. The Morgan fingerprint density at radius 3 is 2.16 bits per heavy atom. The lowest BCUT2D eigenvalue weighted by Crippen LogP contribution is -2.65. The number of carbonyl (C=O) groups is 3. The minimum atomic E-state index is -1.92. The van der Waals surface area contributed by atoms with Crippen LogP contribution in [0.3, 0.4) is 0 Å². The number of rotatable bonds is 10. The summed E-state index contributed by atoms with van der Waals surface area (Å²) in [6.07, 6.45) is -14.0. The van der Waals surface area contributed by atoms with E-state index in [-0.39, 0.29) is 41.1 Å². The molecule has 0 aromatic heterocycles. The summed E-state index contributed by atoms with van der Waals surface area (Å²) in [5, 5.41) is 116. The van der Waals surface area contributed by atoms with Crippen LogP contribution in [0, 0.1) is 0 Å². The molecule has 0 spiro atoms. The van der Waals surface area contributed by atoms with Gasteiger partial charge < -0.3 is 85.2 Å². The number of hydrogen-bond acceptors (Lipinski definition) is 17. The highest BCUT2D eigenvalue weighted by atomic mass is 16.8. The van der Waals surface area contributed by atoms with Crippen LogP contribution < -0.4 is 15.2 Å². The van der Waals surface area contributed by atoms with Gasteiger partial charge in [-0.2, -0.15) is 4.58 Å². The molecule has 12 atom stereocenters. The number of carboxylic acid groups (broad SMARTS) is 3. The summed E-state index contributed by atoms with van der Waals surface area (Å²) in [4.78, 5) is 35.2. The molecule has 5 rings (SSSR count). The largest absolute Gasteiger partial charge is 0.543 e. The van der Waals surface area contributed by atoms with Crippen LogP contribution in [-0.4, -0.2) is 166 Å². The number of aliphatic hydroxyl groups excluding tert-OH is 7. The Morgan fingerprint density at radius 1 is 0.920 bits per heavy atom. The molecule has 0 saturated carbocycles. The Labute approximate surface area is 281 Å². The van der Waals surface area contributed by atoms with Crippen molar-refractivity contribution in [2.75, 3.05) is 13.2 Å². The zero-order valence-corrected chi connectivity index (χ0v) is 25.8. The average molecular weight is 713 g/mol. The first kappa shape index (κ1) is 37.0. The molecule has 1 aromatic rings. The molecule has 2 saturated heterocycles. The average Bonchev–Trinajstić information content (AvgIpc) is 3.43. The van der Waals surface area contributed by atoms with Gasteiger partial charge in [0, 0.05) is 24.5 Å². The van der Waals surface area contributed by atoms with Gasteiger partial charge in [0.1, 0.15) is 60.4 Å². The van der Waals surface area contributed by atoms with Gasteiger partial charge in [-0.05, 0) is 17.7 Å². The molecule has 4 heterocycles. The summed E-state index contributed by atoms with van der Waals surface area (Å²) in [5.74, 6) is -5.21. The number of aromatic hydroxyl groups is 1. The Bertz CT molecular complexity index is 1580. The fourth-order valence-electron chi connectivity index (χ4n) is 6.03. The molecule has 1 aromatic carbocycles. The zero-order chi connectivity index (χ0) is 36.6. The van der Waals surface area contributed by atoms with Crippen molar-refractivity contribution in [2.45, 2.75) is 86.3 Å². The summed E-state index contributed by atoms with van der Waals surface area (Å²) >= 11 is 0. The van der Waals surface area contributed by atoms with Crippen LogP contribution in [0.25, 0.3) is 0 Å². The highest BCUT2D eigenvalue weighted by Crippen LogP contribution is 2.41. The molecular formula is C30H36N2O18. The normalized spacial score (nSPS) is 37.1. The van der Waals surface area contributed by atoms with E-state index in [1.54, 1.807) is 0 Å².